The Labute approximate surface area is 93.4 Å². The molecule has 0 amide bonds. The second-order valence-electron chi connectivity index (χ2n) is 3.68. The van der Waals surface area contributed by atoms with Gasteiger partial charge >= 0.3 is 5.97 Å². The molecule has 1 aromatic rings. The predicted molar refractivity (Wildman–Crippen MR) is 60.8 cm³/mol. The maximum Gasteiger partial charge on any atom is 0.337 e. The second-order valence-corrected chi connectivity index (χ2v) is 3.68. The standard InChI is InChI=1S/C11H14N2O3/c12-8-1-2-9(11(14)15)10(7-8)13-3-5-16-6-4-13/h1-2,7H,3-6,12H2,(H,14,15). The third kappa shape index (κ3) is 2.09. The number of anilines is 2. The Morgan fingerprint density at radius 1 is 1.38 bits per heavy atom. The van der Waals surface area contributed by atoms with Crippen LogP contribution in [-0.2, 0) is 4.74 Å². The number of aromatic carboxylic acids is 1. The van der Waals surface area contributed by atoms with Crippen LogP contribution in [0.4, 0.5) is 11.4 Å². The van der Waals surface area contributed by atoms with Crippen molar-refractivity contribution in [1.29, 1.82) is 0 Å². The minimum Gasteiger partial charge on any atom is -0.478 e. The van der Waals surface area contributed by atoms with Crippen LogP contribution in [0.15, 0.2) is 18.2 Å². The summed E-state index contributed by atoms with van der Waals surface area (Å²) in [6.45, 7) is 2.63. The zero-order valence-electron chi connectivity index (χ0n) is 8.85. The molecule has 1 heterocycles. The number of nitrogens with zero attached hydrogens (tertiary/aromatic N) is 1. The second kappa shape index (κ2) is 4.40. The van der Waals surface area contributed by atoms with Gasteiger partial charge in [-0.05, 0) is 18.2 Å². The number of nitrogens with two attached hydrogens (primary N) is 1. The SMILES string of the molecule is Nc1ccc(C(=O)O)c(N2CCOCC2)c1. The van der Waals surface area contributed by atoms with Crippen LogP contribution in [0.25, 0.3) is 0 Å². The van der Waals surface area contributed by atoms with Crippen LogP contribution in [0.2, 0.25) is 0 Å². The zero-order chi connectivity index (χ0) is 11.5. The highest BCUT2D eigenvalue weighted by molar-refractivity contribution is 5.95. The first-order valence-electron chi connectivity index (χ1n) is 5.14. The summed E-state index contributed by atoms with van der Waals surface area (Å²) < 4.78 is 5.23. The average Bonchev–Trinajstić information content (AvgIpc) is 2.29. The van der Waals surface area contributed by atoms with Gasteiger partial charge in [-0.1, -0.05) is 0 Å². The summed E-state index contributed by atoms with van der Waals surface area (Å²) in [5, 5.41) is 9.09. The minimum atomic E-state index is -0.929. The Balaban J connectivity index is 2.36. The maximum atomic E-state index is 11.1. The number of carboxylic acids is 1. The lowest BCUT2D eigenvalue weighted by Crippen LogP contribution is -2.37. The van der Waals surface area contributed by atoms with E-state index < -0.39 is 5.97 Å². The van der Waals surface area contributed by atoms with E-state index >= 15 is 0 Å². The highest BCUT2D eigenvalue weighted by Crippen LogP contribution is 2.24. The lowest BCUT2D eigenvalue weighted by atomic mass is 10.1. The molecular formula is C11H14N2O3. The first-order chi connectivity index (χ1) is 7.68. The van der Waals surface area contributed by atoms with E-state index in [0.717, 1.165) is 0 Å². The monoisotopic (exact) mass is 222 g/mol. The van der Waals surface area contributed by atoms with Gasteiger partial charge < -0.3 is 20.5 Å². The van der Waals surface area contributed by atoms with E-state index in [9.17, 15) is 4.79 Å². The molecule has 0 unspecified atom stereocenters. The van der Waals surface area contributed by atoms with Gasteiger partial charge in [0.15, 0.2) is 0 Å². The number of rotatable bonds is 2. The first kappa shape index (κ1) is 10.8. The fourth-order valence-corrected chi connectivity index (χ4v) is 1.80. The summed E-state index contributed by atoms with van der Waals surface area (Å²) in [6.07, 6.45) is 0. The fourth-order valence-electron chi connectivity index (χ4n) is 1.80. The zero-order valence-corrected chi connectivity index (χ0v) is 8.85. The van der Waals surface area contributed by atoms with Crippen LogP contribution in [0.1, 0.15) is 10.4 Å². The lowest BCUT2D eigenvalue weighted by molar-refractivity contribution is 0.0696. The number of nitrogen functional groups attached to an aromatic ring is 1. The smallest absolute Gasteiger partial charge is 0.337 e. The number of morpholine rings is 1. The third-order valence-corrected chi connectivity index (χ3v) is 2.60. The molecule has 1 saturated heterocycles. The van der Waals surface area contributed by atoms with E-state index in [1.54, 1.807) is 18.2 Å². The van der Waals surface area contributed by atoms with Crippen LogP contribution >= 0.6 is 0 Å². The molecule has 0 atom stereocenters. The highest BCUT2D eigenvalue weighted by Gasteiger charge is 2.18. The van der Waals surface area contributed by atoms with Gasteiger partial charge in [0, 0.05) is 18.8 Å². The van der Waals surface area contributed by atoms with E-state index in [-0.39, 0.29) is 5.56 Å². The van der Waals surface area contributed by atoms with Crippen molar-refractivity contribution in [3.63, 3.8) is 0 Å². The van der Waals surface area contributed by atoms with Crippen LogP contribution in [-0.4, -0.2) is 37.4 Å². The number of ether oxygens (including phenoxy) is 1. The Hall–Kier alpha value is -1.75. The molecule has 0 aliphatic carbocycles. The summed E-state index contributed by atoms with van der Waals surface area (Å²) >= 11 is 0. The van der Waals surface area contributed by atoms with E-state index in [2.05, 4.69) is 0 Å². The Bertz CT molecular complexity index is 400. The molecule has 0 saturated carbocycles. The van der Waals surface area contributed by atoms with E-state index in [1.807, 2.05) is 4.90 Å². The summed E-state index contributed by atoms with van der Waals surface area (Å²) in [6, 6.07) is 4.85. The van der Waals surface area contributed by atoms with Crippen LogP contribution in [0.3, 0.4) is 0 Å². The average molecular weight is 222 g/mol. The van der Waals surface area contributed by atoms with Gasteiger partial charge in [0.1, 0.15) is 0 Å². The summed E-state index contributed by atoms with van der Waals surface area (Å²) in [4.78, 5) is 13.1. The minimum absolute atomic E-state index is 0.288. The van der Waals surface area contributed by atoms with Gasteiger partial charge in [0.25, 0.3) is 0 Å². The molecule has 3 N–H and O–H groups in total. The lowest BCUT2D eigenvalue weighted by Gasteiger charge is -2.30. The quantitative estimate of drug-likeness (QED) is 0.724. The summed E-state index contributed by atoms with van der Waals surface area (Å²) in [5.41, 5.74) is 7.22. The molecule has 5 heteroatoms. The third-order valence-electron chi connectivity index (χ3n) is 2.60. The normalized spacial score (nSPS) is 16.1. The molecule has 5 nitrogen and oxygen atoms in total. The van der Waals surface area contributed by atoms with Crippen molar-refractivity contribution in [2.24, 2.45) is 0 Å². The van der Waals surface area contributed by atoms with E-state index in [1.165, 1.54) is 0 Å². The Kier molecular flexibility index (Phi) is 2.96. The molecular weight excluding hydrogens is 208 g/mol. The van der Waals surface area contributed by atoms with Crippen molar-refractivity contribution in [2.75, 3.05) is 36.9 Å². The summed E-state index contributed by atoms with van der Waals surface area (Å²) in [7, 11) is 0. The molecule has 0 spiro atoms. The molecule has 2 rings (SSSR count). The number of hydrogen-bond donors (Lipinski definition) is 2. The van der Waals surface area contributed by atoms with Gasteiger partial charge in [-0.3, -0.25) is 0 Å². The molecule has 0 bridgehead atoms. The molecule has 0 aromatic heterocycles. The van der Waals surface area contributed by atoms with Gasteiger partial charge in [-0.2, -0.15) is 0 Å². The number of carboxylic acid groups (broad SMARTS) is 1. The number of hydrogen-bond acceptors (Lipinski definition) is 4. The fraction of sp³-hybridized carbons (Fsp3) is 0.364. The van der Waals surface area contributed by atoms with Gasteiger partial charge in [-0.25, -0.2) is 4.79 Å². The van der Waals surface area contributed by atoms with Crippen molar-refractivity contribution in [1.82, 2.24) is 0 Å². The largest absolute Gasteiger partial charge is 0.478 e. The molecule has 1 aliphatic heterocycles. The van der Waals surface area contributed by atoms with Crippen LogP contribution in [0, 0.1) is 0 Å². The molecule has 1 aromatic carbocycles. The van der Waals surface area contributed by atoms with Crippen molar-refractivity contribution >= 4 is 17.3 Å². The van der Waals surface area contributed by atoms with Crippen LogP contribution in [0.5, 0.6) is 0 Å². The van der Waals surface area contributed by atoms with Gasteiger partial charge in [0.2, 0.25) is 0 Å². The van der Waals surface area contributed by atoms with E-state index in [0.29, 0.717) is 37.7 Å². The van der Waals surface area contributed by atoms with E-state index in [4.69, 9.17) is 15.6 Å². The highest BCUT2D eigenvalue weighted by atomic mass is 16.5. The number of benzene rings is 1. The van der Waals surface area contributed by atoms with Crippen molar-refractivity contribution < 1.29 is 14.6 Å². The Morgan fingerprint density at radius 3 is 2.69 bits per heavy atom. The molecule has 1 fully saturated rings. The maximum absolute atomic E-state index is 11.1. The molecule has 1 aliphatic rings. The van der Waals surface area contributed by atoms with Crippen molar-refractivity contribution in [3.8, 4) is 0 Å². The van der Waals surface area contributed by atoms with Crippen molar-refractivity contribution in [2.45, 2.75) is 0 Å². The Morgan fingerprint density at radius 2 is 2.06 bits per heavy atom. The molecule has 16 heavy (non-hydrogen) atoms. The van der Waals surface area contributed by atoms with Gasteiger partial charge in [-0.15, -0.1) is 0 Å². The van der Waals surface area contributed by atoms with Crippen molar-refractivity contribution in [3.05, 3.63) is 23.8 Å². The van der Waals surface area contributed by atoms with Crippen LogP contribution < -0.4 is 10.6 Å². The topological polar surface area (TPSA) is 75.8 Å². The molecule has 86 valence electrons. The number of carbonyl (C=O) groups is 1. The summed E-state index contributed by atoms with van der Waals surface area (Å²) in [5.74, 6) is -0.929. The predicted octanol–water partition coefficient (Wildman–Crippen LogP) is 0.804. The first-order valence-corrected chi connectivity index (χ1v) is 5.14. The van der Waals surface area contributed by atoms with Gasteiger partial charge in [0.05, 0.1) is 24.5 Å². The molecule has 0 radical (unpaired) electrons.